The summed E-state index contributed by atoms with van der Waals surface area (Å²) in [5.41, 5.74) is 9.13. The van der Waals surface area contributed by atoms with Crippen molar-refractivity contribution in [3.8, 4) is 5.75 Å². The van der Waals surface area contributed by atoms with Crippen LogP contribution < -0.4 is 10.5 Å². The highest BCUT2D eigenvalue weighted by Crippen LogP contribution is 2.35. The molecule has 0 saturated carbocycles. The van der Waals surface area contributed by atoms with Gasteiger partial charge in [0.25, 0.3) is 0 Å². The number of hydrogen-bond acceptors (Lipinski definition) is 2. The molecule has 0 aromatic heterocycles. The quantitative estimate of drug-likeness (QED) is 0.859. The standard InChI is InChI=1S/C12H18ClNO/c1-5-9(14)11-8(3)12(13)7(2)6-10(11)15-4/h6,9H,5,14H2,1-4H3. The summed E-state index contributed by atoms with van der Waals surface area (Å²) in [6.07, 6.45) is 0.872. The fourth-order valence-corrected chi connectivity index (χ4v) is 1.93. The second-order valence-electron chi connectivity index (χ2n) is 3.76. The molecule has 1 aromatic carbocycles. The molecule has 84 valence electrons. The fraction of sp³-hybridized carbons (Fsp3) is 0.500. The number of nitrogens with two attached hydrogens (primary N) is 1. The van der Waals surface area contributed by atoms with Gasteiger partial charge in [0.1, 0.15) is 5.75 Å². The van der Waals surface area contributed by atoms with E-state index in [1.54, 1.807) is 7.11 Å². The van der Waals surface area contributed by atoms with Crippen LogP contribution in [0.1, 0.15) is 36.1 Å². The van der Waals surface area contributed by atoms with Gasteiger partial charge in [-0.25, -0.2) is 0 Å². The van der Waals surface area contributed by atoms with Crippen molar-refractivity contribution in [1.82, 2.24) is 0 Å². The molecule has 1 unspecified atom stereocenters. The Balaban J connectivity index is 3.40. The van der Waals surface area contributed by atoms with Crippen LogP contribution in [-0.2, 0) is 0 Å². The van der Waals surface area contributed by atoms with Gasteiger partial charge in [-0.2, -0.15) is 0 Å². The summed E-state index contributed by atoms with van der Waals surface area (Å²) in [6, 6.07) is 1.93. The van der Waals surface area contributed by atoms with E-state index in [4.69, 9.17) is 22.1 Å². The topological polar surface area (TPSA) is 35.2 Å². The molecule has 1 atom stereocenters. The lowest BCUT2D eigenvalue weighted by atomic mass is 9.96. The first-order valence-electron chi connectivity index (χ1n) is 5.12. The number of aryl methyl sites for hydroxylation is 1. The van der Waals surface area contributed by atoms with Crippen LogP contribution in [0.25, 0.3) is 0 Å². The van der Waals surface area contributed by atoms with E-state index in [9.17, 15) is 0 Å². The summed E-state index contributed by atoms with van der Waals surface area (Å²) in [7, 11) is 1.66. The maximum Gasteiger partial charge on any atom is 0.124 e. The van der Waals surface area contributed by atoms with E-state index in [2.05, 4.69) is 6.92 Å². The number of halogens is 1. The summed E-state index contributed by atoms with van der Waals surface area (Å²) >= 11 is 6.20. The third-order valence-corrected chi connectivity index (χ3v) is 3.30. The van der Waals surface area contributed by atoms with Crippen molar-refractivity contribution in [3.63, 3.8) is 0 Å². The van der Waals surface area contributed by atoms with E-state index in [1.807, 2.05) is 19.9 Å². The molecular weight excluding hydrogens is 210 g/mol. The van der Waals surface area contributed by atoms with Crippen molar-refractivity contribution in [3.05, 3.63) is 27.8 Å². The highest BCUT2D eigenvalue weighted by Gasteiger charge is 2.17. The number of hydrogen-bond donors (Lipinski definition) is 1. The smallest absolute Gasteiger partial charge is 0.124 e. The Morgan fingerprint density at radius 1 is 1.47 bits per heavy atom. The average molecular weight is 228 g/mol. The zero-order valence-corrected chi connectivity index (χ0v) is 10.5. The van der Waals surface area contributed by atoms with Gasteiger partial charge >= 0.3 is 0 Å². The largest absolute Gasteiger partial charge is 0.496 e. The Labute approximate surface area is 96.4 Å². The minimum absolute atomic E-state index is 0.0157. The molecule has 1 aromatic rings. The maximum absolute atomic E-state index is 6.20. The monoisotopic (exact) mass is 227 g/mol. The highest BCUT2D eigenvalue weighted by atomic mass is 35.5. The third-order valence-electron chi connectivity index (χ3n) is 2.72. The van der Waals surface area contributed by atoms with Gasteiger partial charge in [-0.3, -0.25) is 0 Å². The molecule has 0 radical (unpaired) electrons. The Morgan fingerprint density at radius 3 is 2.53 bits per heavy atom. The summed E-state index contributed by atoms with van der Waals surface area (Å²) < 4.78 is 5.35. The summed E-state index contributed by atoms with van der Waals surface area (Å²) in [5.74, 6) is 0.837. The molecule has 0 aliphatic carbocycles. The van der Waals surface area contributed by atoms with E-state index < -0.39 is 0 Å². The molecule has 3 heteroatoms. The van der Waals surface area contributed by atoms with Crippen LogP contribution in [0, 0.1) is 13.8 Å². The summed E-state index contributed by atoms with van der Waals surface area (Å²) in [4.78, 5) is 0. The zero-order valence-electron chi connectivity index (χ0n) is 9.73. The van der Waals surface area contributed by atoms with Gasteiger partial charge in [-0.1, -0.05) is 18.5 Å². The maximum atomic E-state index is 6.20. The van der Waals surface area contributed by atoms with E-state index in [-0.39, 0.29) is 6.04 Å². The van der Waals surface area contributed by atoms with E-state index in [1.165, 1.54) is 0 Å². The zero-order chi connectivity index (χ0) is 11.6. The molecule has 0 spiro atoms. The molecular formula is C12H18ClNO. The number of ether oxygens (including phenoxy) is 1. The first kappa shape index (κ1) is 12.3. The van der Waals surface area contributed by atoms with Gasteiger partial charge in [-0.15, -0.1) is 0 Å². The minimum atomic E-state index is -0.0157. The predicted octanol–water partition coefficient (Wildman–Crippen LogP) is 3.38. The van der Waals surface area contributed by atoms with E-state index in [0.29, 0.717) is 0 Å². The van der Waals surface area contributed by atoms with Gasteiger partial charge in [-0.05, 0) is 37.5 Å². The lowest BCUT2D eigenvalue weighted by Crippen LogP contribution is -2.12. The van der Waals surface area contributed by atoms with Gasteiger partial charge in [0, 0.05) is 16.6 Å². The second kappa shape index (κ2) is 4.86. The van der Waals surface area contributed by atoms with Crippen LogP contribution >= 0.6 is 11.6 Å². The molecule has 0 heterocycles. The van der Waals surface area contributed by atoms with Crippen molar-refractivity contribution in [2.75, 3.05) is 7.11 Å². The summed E-state index contributed by atoms with van der Waals surface area (Å²) in [5, 5.41) is 0.787. The van der Waals surface area contributed by atoms with E-state index >= 15 is 0 Å². The Hall–Kier alpha value is -0.730. The van der Waals surface area contributed by atoms with E-state index in [0.717, 1.165) is 33.9 Å². The second-order valence-corrected chi connectivity index (χ2v) is 4.14. The average Bonchev–Trinajstić information content (AvgIpc) is 2.24. The molecule has 0 saturated heterocycles. The van der Waals surface area contributed by atoms with Crippen molar-refractivity contribution >= 4 is 11.6 Å². The third kappa shape index (κ3) is 2.27. The van der Waals surface area contributed by atoms with Crippen molar-refractivity contribution in [2.45, 2.75) is 33.2 Å². The first-order valence-corrected chi connectivity index (χ1v) is 5.49. The van der Waals surface area contributed by atoms with Crippen molar-refractivity contribution in [2.24, 2.45) is 5.73 Å². The van der Waals surface area contributed by atoms with Crippen LogP contribution in [0.3, 0.4) is 0 Å². The van der Waals surface area contributed by atoms with Crippen LogP contribution in [0.5, 0.6) is 5.75 Å². The first-order chi connectivity index (χ1) is 7.02. The number of methoxy groups -OCH3 is 1. The van der Waals surface area contributed by atoms with Crippen LogP contribution in [0.4, 0.5) is 0 Å². The molecule has 0 aliphatic heterocycles. The summed E-state index contributed by atoms with van der Waals surface area (Å²) in [6.45, 7) is 6.01. The number of rotatable bonds is 3. The van der Waals surface area contributed by atoms with Gasteiger partial charge in [0.15, 0.2) is 0 Å². The molecule has 1 rings (SSSR count). The Bertz CT molecular complexity index is 363. The predicted molar refractivity (Wildman–Crippen MR) is 64.7 cm³/mol. The molecule has 15 heavy (non-hydrogen) atoms. The molecule has 2 nitrogen and oxygen atoms in total. The Morgan fingerprint density at radius 2 is 2.07 bits per heavy atom. The lowest BCUT2D eigenvalue weighted by Gasteiger charge is -2.19. The fourth-order valence-electron chi connectivity index (χ4n) is 1.77. The Kier molecular flexibility index (Phi) is 4.00. The van der Waals surface area contributed by atoms with Crippen molar-refractivity contribution < 1.29 is 4.74 Å². The van der Waals surface area contributed by atoms with Gasteiger partial charge in [0.2, 0.25) is 0 Å². The molecule has 0 amide bonds. The molecule has 0 bridgehead atoms. The molecule has 2 N–H and O–H groups in total. The molecule has 0 aliphatic rings. The van der Waals surface area contributed by atoms with Crippen LogP contribution in [0.2, 0.25) is 5.02 Å². The number of benzene rings is 1. The van der Waals surface area contributed by atoms with Crippen molar-refractivity contribution in [1.29, 1.82) is 0 Å². The van der Waals surface area contributed by atoms with Crippen LogP contribution in [0.15, 0.2) is 6.07 Å². The van der Waals surface area contributed by atoms with Gasteiger partial charge < -0.3 is 10.5 Å². The minimum Gasteiger partial charge on any atom is -0.496 e. The SMILES string of the molecule is CCC(N)c1c(OC)cc(C)c(Cl)c1C. The lowest BCUT2D eigenvalue weighted by molar-refractivity contribution is 0.404. The normalized spacial score (nSPS) is 12.7. The molecule has 0 fully saturated rings. The van der Waals surface area contributed by atoms with Crippen LogP contribution in [-0.4, -0.2) is 7.11 Å². The van der Waals surface area contributed by atoms with Gasteiger partial charge in [0.05, 0.1) is 7.11 Å². The highest BCUT2D eigenvalue weighted by molar-refractivity contribution is 6.32.